The molecule has 3 nitrogen and oxygen atoms in total. The van der Waals surface area contributed by atoms with Crippen LogP contribution in [0.25, 0.3) is 0 Å². The van der Waals surface area contributed by atoms with Crippen LogP contribution in [0, 0.1) is 6.92 Å². The van der Waals surface area contributed by atoms with Gasteiger partial charge in [0.2, 0.25) is 0 Å². The fraction of sp³-hybridized carbons (Fsp3) is 0.316. The molecule has 0 fully saturated rings. The molecule has 2 aromatic rings. The van der Waals surface area contributed by atoms with E-state index in [1.165, 1.54) is 0 Å². The number of carboxylic acids is 1. The van der Waals surface area contributed by atoms with Gasteiger partial charge in [0.05, 0.1) is 12.5 Å². The van der Waals surface area contributed by atoms with E-state index in [-0.39, 0.29) is 0 Å². The first kappa shape index (κ1) is 17.4. The van der Waals surface area contributed by atoms with Gasteiger partial charge in [-0.05, 0) is 60.7 Å². The minimum Gasteiger partial charge on any atom is -0.494 e. The normalized spacial score (nSPS) is 12.0. The maximum absolute atomic E-state index is 11.7. The van der Waals surface area contributed by atoms with E-state index in [1.807, 2.05) is 50.2 Å². The first-order valence-electron chi connectivity index (χ1n) is 7.72. The molecule has 0 aliphatic carbocycles. The highest BCUT2D eigenvalue weighted by molar-refractivity contribution is 6.30. The molecule has 4 heteroatoms. The quantitative estimate of drug-likeness (QED) is 0.788. The van der Waals surface area contributed by atoms with Crippen LogP contribution in [0.3, 0.4) is 0 Å². The molecule has 122 valence electrons. The third-order valence-corrected chi connectivity index (χ3v) is 3.95. The molecule has 23 heavy (non-hydrogen) atoms. The number of hydrogen-bond donors (Lipinski definition) is 1. The van der Waals surface area contributed by atoms with E-state index in [0.717, 1.165) is 28.9 Å². The van der Waals surface area contributed by atoms with Crippen molar-refractivity contribution in [2.75, 3.05) is 6.61 Å². The zero-order chi connectivity index (χ0) is 16.8. The number of carboxylic acid groups (broad SMARTS) is 1. The molecule has 2 aromatic carbocycles. The minimum atomic E-state index is -0.838. The molecule has 1 unspecified atom stereocenters. The van der Waals surface area contributed by atoms with E-state index >= 15 is 0 Å². The van der Waals surface area contributed by atoms with Gasteiger partial charge in [-0.25, -0.2) is 0 Å². The summed E-state index contributed by atoms with van der Waals surface area (Å²) in [5, 5.41) is 10.2. The Morgan fingerprint density at radius 2 is 2.04 bits per heavy atom. The molecule has 1 N–H and O–H groups in total. The number of halogens is 1. The van der Waals surface area contributed by atoms with Crippen LogP contribution in [0.4, 0.5) is 0 Å². The fourth-order valence-electron chi connectivity index (χ4n) is 2.58. The molecule has 1 atom stereocenters. The van der Waals surface area contributed by atoms with Crippen LogP contribution >= 0.6 is 11.6 Å². The first-order valence-corrected chi connectivity index (χ1v) is 8.09. The number of aliphatic carboxylic acids is 1. The lowest BCUT2D eigenvalue weighted by Gasteiger charge is -2.17. The van der Waals surface area contributed by atoms with Gasteiger partial charge in [0, 0.05) is 5.02 Å². The smallest absolute Gasteiger partial charge is 0.311 e. The first-order chi connectivity index (χ1) is 11.0. The number of aryl methyl sites for hydroxylation is 1. The summed E-state index contributed by atoms with van der Waals surface area (Å²) in [6.45, 7) is 4.62. The molecular weight excluding hydrogens is 312 g/mol. The van der Waals surface area contributed by atoms with Crippen molar-refractivity contribution in [1.82, 2.24) is 0 Å². The SMILES string of the molecule is CCCOc1ccc(C(Cc2cccc(Cl)c2)C(=O)O)c(C)c1. The molecule has 0 amide bonds. The minimum absolute atomic E-state index is 0.409. The summed E-state index contributed by atoms with van der Waals surface area (Å²) in [5.74, 6) is -0.663. The number of benzene rings is 2. The Morgan fingerprint density at radius 3 is 2.65 bits per heavy atom. The molecule has 0 bridgehead atoms. The summed E-state index contributed by atoms with van der Waals surface area (Å²) < 4.78 is 5.60. The maximum Gasteiger partial charge on any atom is 0.311 e. The van der Waals surface area contributed by atoms with Gasteiger partial charge in [-0.3, -0.25) is 4.79 Å². The van der Waals surface area contributed by atoms with Gasteiger partial charge < -0.3 is 9.84 Å². The summed E-state index contributed by atoms with van der Waals surface area (Å²) in [4.78, 5) is 11.7. The molecule has 0 spiro atoms. The van der Waals surface area contributed by atoms with Gasteiger partial charge in [-0.1, -0.05) is 36.7 Å². The Balaban J connectivity index is 2.25. The Kier molecular flexibility index (Phi) is 6.05. The third kappa shape index (κ3) is 4.73. The van der Waals surface area contributed by atoms with Crippen molar-refractivity contribution in [3.05, 3.63) is 64.2 Å². The third-order valence-electron chi connectivity index (χ3n) is 3.72. The maximum atomic E-state index is 11.7. The van der Waals surface area contributed by atoms with Crippen molar-refractivity contribution in [2.45, 2.75) is 32.6 Å². The lowest BCUT2D eigenvalue weighted by atomic mass is 9.89. The van der Waals surface area contributed by atoms with Gasteiger partial charge >= 0.3 is 5.97 Å². The number of ether oxygens (including phenoxy) is 1. The molecule has 2 rings (SSSR count). The highest BCUT2D eigenvalue weighted by Crippen LogP contribution is 2.28. The van der Waals surface area contributed by atoms with Crippen molar-refractivity contribution < 1.29 is 14.6 Å². The van der Waals surface area contributed by atoms with E-state index in [2.05, 4.69) is 0 Å². The van der Waals surface area contributed by atoms with E-state index in [4.69, 9.17) is 16.3 Å². The highest BCUT2D eigenvalue weighted by Gasteiger charge is 2.22. The van der Waals surface area contributed by atoms with Gasteiger partial charge in [0.1, 0.15) is 5.75 Å². The van der Waals surface area contributed by atoms with Crippen LogP contribution in [-0.4, -0.2) is 17.7 Å². The Bertz CT molecular complexity index is 682. The highest BCUT2D eigenvalue weighted by atomic mass is 35.5. The number of carbonyl (C=O) groups is 1. The average Bonchev–Trinajstić information content (AvgIpc) is 2.51. The van der Waals surface area contributed by atoms with Crippen LogP contribution in [-0.2, 0) is 11.2 Å². The predicted octanol–water partition coefficient (Wildman–Crippen LogP) is 4.85. The number of rotatable bonds is 7. The van der Waals surface area contributed by atoms with Gasteiger partial charge in [0.15, 0.2) is 0 Å². The second-order valence-corrected chi connectivity index (χ2v) is 6.03. The molecular formula is C19H21ClO3. The fourth-order valence-corrected chi connectivity index (χ4v) is 2.79. The molecule has 0 saturated carbocycles. The average molecular weight is 333 g/mol. The number of hydrogen-bond acceptors (Lipinski definition) is 2. The summed E-state index contributed by atoms with van der Waals surface area (Å²) >= 11 is 5.99. The lowest BCUT2D eigenvalue weighted by Crippen LogP contribution is -2.15. The second-order valence-electron chi connectivity index (χ2n) is 5.59. The molecule has 0 aliphatic heterocycles. The second kappa shape index (κ2) is 8.02. The van der Waals surface area contributed by atoms with Crippen LogP contribution < -0.4 is 4.74 Å². The van der Waals surface area contributed by atoms with Crippen LogP contribution in [0.5, 0.6) is 5.75 Å². The molecule has 0 aromatic heterocycles. The summed E-state index contributed by atoms with van der Waals surface area (Å²) in [6.07, 6.45) is 1.35. The van der Waals surface area contributed by atoms with Gasteiger partial charge in [-0.2, -0.15) is 0 Å². The van der Waals surface area contributed by atoms with Crippen molar-refractivity contribution in [3.8, 4) is 5.75 Å². The zero-order valence-corrected chi connectivity index (χ0v) is 14.1. The van der Waals surface area contributed by atoms with Crippen LogP contribution in [0.2, 0.25) is 5.02 Å². The molecule has 0 heterocycles. The van der Waals surface area contributed by atoms with Gasteiger partial charge in [0.25, 0.3) is 0 Å². The molecule has 0 aliphatic rings. The summed E-state index contributed by atoms with van der Waals surface area (Å²) in [7, 11) is 0. The van der Waals surface area contributed by atoms with Crippen molar-refractivity contribution in [1.29, 1.82) is 0 Å². The van der Waals surface area contributed by atoms with Crippen molar-refractivity contribution in [2.24, 2.45) is 0 Å². The summed E-state index contributed by atoms with van der Waals surface area (Å²) in [6, 6.07) is 12.9. The van der Waals surface area contributed by atoms with Crippen molar-refractivity contribution >= 4 is 17.6 Å². The Morgan fingerprint density at radius 1 is 1.26 bits per heavy atom. The van der Waals surface area contributed by atoms with Crippen LogP contribution in [0.15, 0.2) is 42.5 Å². The van der Waals surface area contributed by atoms with E-state index in [0.29, 0.717) is 18.1 Å². The van der Waals surface area contributed by atoms with Crippen LogP contribution in [0.1, 0.15) is 36.0 Å². The monoisotopic (exact) mass is 332 g/mol. The predicted molar refractivity (Wildman–Crippen MR) is 92.5 cm³/mol. The van der Waals surface area contributed by atoms with E-state index in [9.17, 15) is 9.90 Å². The standard InChI is InChI=1S/C19H21ClO3/c1-3-9-23-16-7-8-17(13(2)10-16)18(19(21)22)12-14-5-4-6-15(20)11-14/h4-8,10-11,18H,3,9,12H2,1-2H3,(H,21,22). The molecule has 0 radical (unpaired) electrons. The van der Waals surface area contributed by atoms with E-state index in [1.54, 1.807) is 6.07 Å². The van der Waals surface area contributed by atoms with E-state index < -0.39 is 11.9 Å². The summed E-state index contributed by atoms with van der Waals surface area (Å²) in [5.41, 5.74) is 2.64. The lowest BCUT2D eigenvalue weighted by molar-refractivity contribution is -0.138. The zero-order valence-electron chi connectivity index (χ0n) is 13.4. The van der Waals surface area contributed by atoms with Crippen molar-refractivity contribution in [3.63, 3.8) is 0 Å². The Hall–Kier alpha value is -2.00. The topological polar surface area (TPSA) is 46.5 Å². The van der Waals surface area contributed by atoms with Gasteiger partial charge in [-0.15, -0.1) is 0 Å². The molecule has 0 saturated heterocycles. The Labute approximate surface area is 141 Å². The largest absolute Gasteiger partial charge is 0.494 e.